The zero-order valence-electron chi connectivity index (χ0n) is 13.9. The van der Waals surface area contributed by atoms with Crippen LogP contribution in [0.3, 0.4) is 0 Å². The number of likely N-dealkylation sites (N-methyl/N-ethyl adjacent to an activating group) is 1. The Bertz CT molecular complexity index is 333. The number of ether oxygens (including phenoxy) is 1. The molecule has 2 saturated heterocycles. The molecule has 122 valence electrons. The van der Waals surface area contributed by atoms with Gasteiger partial charge in [0.1, 0.15) is 0 Å². The molecule has 6 nitrogen and oxygen atoms in total. The normalized spacial score (nSPS) is 28.2. The maximum atomic E-state index is 12.6. The summed E-state index contributed by atoms with van der Waals surface area (Å²) in [6.45, 7) is 11.0. The third-order valence-corrected chi connectivity index (χ3v) is 4.46. The number of nitrogens with zero attached hydrogens (tertiary/aromatic N) is 4. The van der Waals surface area contributed by atoms with Crippen molar-refractivity contribution < 1.29 is 9.53 Å². The molecule has 0 radical (unpaired) electrons. The summed E-state index contributed by atoms with van der Waals surface area (Å²) in [6, 6.07) is 1.02. The molecule has 2 heterocycles. The molecule has 2 atom stereocenters. The second-order valence-electron chi connectivity index (χ2n) is 6.53. The molecule has 2 rings (SSSR count). The minimum Gasteiger partial charge on any atom is -0.378 e. The van der Waals surface area contributed by atoms with Crippen molar-refractivity contribution in [2.45, 2.75) is 25.9 Å². The Hall–Kier alpha value is -0.850. The van der Waals surface area contributed by atoms with Crippen LogP contribution in [0.2, 0.25) is 0 Å². The third-order valence-electron chi connectivity index (χ3n) is 4.46. The number of urea groups is 1. The van der Waals surface area contributed by atoms with Gasteiger partial charge in [-0.2, -0.15) is 0 Å². The van der Waals surface area contributed by atoms with Crippen LogP contribution in [0.1, 0.15) is 13.8 Å². The van der Waals surface area contributed by atoms with Crippen LogP contribution in [-0.4, -0.2) is 104 Å². The van der Waals surface area contributed by atoms with E-state index >= 15 is 0 Å². The summed E-state index contributed by atoms with van der Waals surface area (Å²) in [6.07, 6.45) is 0. The van der Waals surface area contributed by atoms with Gasteiger partial charge in [0.25, 0.3) is 0 Å². The molecule has 0 saturated carbocycles. The zero-order valence-corrected chi connectivity index (χ0v) is 13.9. The van der Waals surface area contributed by atoms with Crippen molar-refractivity contribution in [2.24, 2.45) is 0 Å². The zero-order chi connectivity index (χ0) is 15.4. The van der Waals surface area contributed by atoms with E-state index in [9.17, 15) is 4.79 Å². The quantitative estimate of drug-likeness (QED) is 0.756. The average Bonchev–Trinajstić information content (AvgIpc) is 2.46. The number of carbonyl (C=O) groups is 1. The van der Waals surface area contributed by atoms with Crippen LogP contribution < -0.4 is 0 Å². The second-order valence-corrected chi connectivity index (χ2v) is 6.53. The predicted molar refractivity (Wildman–Crippen MR) is 83.5 cm³/mol. The van der Waals surface area contributed by atoms with Crippen LogP contribution in [0.25, 0.3) is 0 Å². The first-order chi connectivity index (χ1) is 9.99. The van der Waals surface area contributed by atoms with Crippen molar-refractivity contribution in [2.75, 3.05) is 66.6 Å². The van der Waals surface area contributed by atoms with E-state index < -0.39 is 0 Å². The van der Waals surface area contributed by atoms with Gasteiger partial charge in [-0.1, -0.05) is 0 Å². The van der Waals surface area contributed by atoms with Gasteiger partial charge in [-0.15, -0.1) is 0 Å². The lowest BCUT2D eigenvalue weighted by Gasteiger charge is -2.46. The molecule has 2 aliphatic heterocycles. The SMILES string of the molecule is CC1CN(C(=O)N2CCOCC2)CC(C)N1CCN(C)C. The minimum absolute atomic E-state index is 0.184. The van der Waals surface area contributed by atoms with Crippen molar-refractivity contribution in [1.82, 2.24) is 19.6 Å². The summed E-state index contributed by atoms with van der Waals surface area (Å²) in [5.41, 5.74) is 0. The molecule has 6 heteroatoms. The Kier molecular flexibility index (Phi) is 5.84. The largest absolute Gasteiger partial charge is 0.378 e. The summed E-state index contributed by atoms with van der Waals surface area (Å²) >= 11 is 0. The van der Waals surface area contributed by atoms with Crippen LogP contribution in [-0.2, 0) is 4.74 Å². The fraction of sp³-hybridized carbons (Fsp3) is 0.933. The summed E-state index contributed by atoms with van der Waals surface area (Å²) in [7, 11) is 4.21. The van der Waals surface area contributed by atoms with Crippen molar-refractivity contribution in [1.29, 1.82) is 0 Å². The molecule has 2 unspecified atom stereocenters. The van der Waals surface area contributed by atoms with E-state index in [0.29, 0.717) is 25.3 Å². The van der Waals surface area contributed by atoms with E-state index in [1.54, 1.807) is 0 Å². The Morgan fingerprint density at radius 2 is 1.67 bits per heavy atom. The Labute approximate surface area is 128 Å². The van der Waals surface area contributed by atoms with Gasteiger partial charge in [0.05, 0.1) is 13.2 Å². The van der Waals surface area contributed by atoms with Crippen LogP contribution in [0.5, 0.6) is 0 Å². The molecule has 21 heavy (non-hydrogen) atoms. The van der Waals surface area contributed by atoms with E-state index in [2.05, 4.69) is 37.7 Å². The van der Waals surface area contributed by atoms with E-state index in [-0.39, 0.29) is 6.03 Å². The van der Waals surface area contributed by atoms with Gasteiger partial charge in [0.2, 0.25) is 0 Å². The van der Waals surface area contributed by atoms with Crippen molar-refractivity contribution in [3.05, 3.63) is 0 Å². The van der Waals surface area contributed by atoms with Crippen LogP contribution in [0.15, 0.2) is 0 Å². The Balaban J connectivity index is 1.89. The summed E-state index contributed by atoms with van der Waals surface area (Å²) in [4.78, 5) is 21.3. The number of amides is 2. The fourth-order valence-corrected chi connectivity index (χ4v) is 3.22. The first kappa shape index (κ1) is 16.5. The van der Waals surface area contributed by atoms with Gasteiger partial charge in [-0.05, 0) is 27.9 Å². The number of carbonyl (C=O) groups excluding carboxylic acids is 1. The molecule has 0 spiro atoms. The average molecular weight is 298 g/mol. The highest BCUT2D eigenvalue weighted by molar-refractivity contribution is 5.74. The lowest BCUT2D eigenvalue weighted by molar-refractivity contribution is 0.0173. The van der Waals surface area contributed by atoms with Gasteiger partial charge < -0.3 is 19.4 Å². The lowest BCUT2D eigenvalue weighted by Crippen LogP contribution is -2.61. The number of hydrogen-bond acceptors (Lipinski definition) is 4. The smallest absolute Gasteiger partial charge is 0.320 e. The summed E-state index contributed by atoms with van der Waals surface area (Å²) in [5, 5.41) is 0. The lowest BCUT2D eigenvalue weighted by atomic mass is 10.1. The number of rotatable bonds is 3. The molecule has 0 aromatic rings. The maximum Gasteiger partial charge on any atom is 0.320 e. The molecule has 0 aromatic heterocycles. The molecular formula is C15H30N4O2. The highest BCUT2D eigenvalue weighted by Gasteiger charge is 2.33. The minimum atomic E-state index is 0.184. The molecule has 2 fully saturated rings. The highest BCUT2D eigenvalue weighted by atomic mass is 16.5. The second kappa shape index (κ2) is 7.42. The molecule has 0 N–H and O–H groups in total. The standard InChI is InChI=1S/C15H30N4O2/c1-13-11-18(15(20)17-7-9-21-10-8-17)12-14(2)19(13)6-5-16(3)4/h13-14H,5-12H2,1-4H3. The Morgan fingerprint density at radius 3 is 2.19 bits per heavy atom. The van der Waals surface area contributed by atoms with E-state index in [1.165, 1.54) is 0 Å². The number of piperazine rings is 1. The van der Waals surface area contributed by atoms with Gasteiger partial charge in [0.15, 0.2) is 0 Å². The first-order valence-electron chi connectivity index (χ1n) is 8.01. The molecule has 0 aromatic carbocycles. The van der Waals surface area contributed by atoms with Gasteiger partial charge in [-0.25, -0.2) is 4.79 Å². The Morgan fingerprint density at radius 1 is 1.10 bits per heavy atom. The third kappa shape index (κ3) is 4.31. The van der Waals surface area contributed by atoms with Crippen LogP contribution in [0, 0.1) is 0 Å². The maximum absolute atomic E-state index is 12.6. The van der Waals surface area contributed by atoms with Gasteiger partial charge in [-0.3, -0.25) is 4.90 Å². The van der Waals surface area contributed by atoms with E-state index in [0.717, 1.165) is 39.3 Å². The summed E-state index contributed by atoms with van der Waals surface area (Å²) < 4.78 is 5.33. The van der Waals surface area contributed by atoms with Crippen LogP contribution >= 0.6 is 0 Å². The fourth-order valence-electron chi connectivity index (χ4n) is 3.22. The van der Waals surface area contributed by atoms with Gasteiger partial charge in [0, 0.05) is 51.4 Å². The predicted octanol–water partition coefficient (Wildman–Crippen LogP) is 0.395. The van der Waals surface area contributed by atoms with Crippen molar-refractivity contribution in [3.63, 3.8) is 0 Å². The summed E-state index contributed by atoms with van der Waals surface area (Å²) in [5.74, 6) is 0. The first-order valence-corrected chi connectivity index (χ1v) is 8.01. The number of morpholine rings is 1. The van der Waals surface area contributed by atoms with Crippen molar-refractivity contribution >= 4 is 6.03 Å². The molecule has 0 bridgehead atoms. The number of hydrogen-bond donors (Lipinski definition) is 0. The monoisotopic (exact) mass is 298 g/mol. The van der Waals surface area contributed by atoms with Crippen LogP contribution in [0.4, 0.5) is 4.79 Å². The van der Waals surface area contributed by atoms with Gasteiger partial charge >= 0.3 is 6.03 Å². The van der Waals surface area contributed by atoms with E-state index in [1.807, 2.05) is 9.80 Å². The van der Waals surface area contributed by atoms with E-state index in [4.69, 9.17) is 4.74 Å². The molecule has 0 aliphatic carbocycles. The highest BCUT2D eigenvalue weighted by Crippen LogP contribution is 2.17. The molecule has 2 amide bonds. The molecule has 2 aliphatic rings. The van der Waals surface area contributed by atoms with Crippen molar-refractivity contribution in [3.8, 4) is 0 Å². The topological polar surface area (TPSA) is 39.3 Å². The molecular weight excluding hydrogens is 268 g/mol.